The highest BCUT2D eigenvalue weighted by Gasteiger charge is 2.13. The molecule has 1 aliphatic rings. The molecular weight excluding hydrogens is 296 g/mol. The molecule has 0 unspecified atom stereocenters. The van der Waals surface area contributed by atoms with Gasteiger partial charge in [-0.25, -0.2) is 4.79 Å². The molecule has 0 saturated heterocycles. The Morgan fingerprint density at radius 3 is 2.87 bits per heavy atom. The first-order valence-electron chi connectivity index (χ1n) is 7.35. The second-order valence-corrected chi connectivity index (χ2v) is 5.06. The molecule has 2 aromatic rings. The SMILES string of the molecule is Cc1ccccc1OCCNC(=O)Nc1ccc2c(c1)OCO2. The average molecular weight is 314 g/mol. The number of urea groups is 1. The summed E-state index contributed by atoms with van der Waals surface area (Å²) in [5, 5.41) is 5.48. The Morgan fingerprint density at radius 2 is 2.00 bits per heavy atom. The number of para-hydroxylation sites is 1. The molecule has 0 aliphatic carbocycles. The van der Waals surface area contributed by atoms with Crippen LogP contribution in [0, 0.1) is 6.92 Å². The Morgan fingerprint density at radius 1 is 1.17 bits per heavy atom. The lowest BCUT2D eigenvalue weighted by Crippen LogP contribution is -2.32. The fourth-order valence-electron chi connectivity index (χ4n) is 2.19. The first-order valence-corrected chi connectivity index (χ1v) is 7.35. The van der Waals surface area contributed by atoms with Crippen molar-refractivity contribution in [2.24, 2.45) is 0 Å². The van der Waals surface area contributed by atoms with E-state index in [0.29, 0.717) is 30.3 Å². The molecule has 0 bridgehead atoms. The third kappa shape index (κ3) is 3.85. The molecular formula is C17H18N2O4. The number of hydrogen-bond donors (Lipinski definition) is 2. The van der Waals surface area contributed by atoms with Crippen LogP contribution < -0.4 is 24.8 Å². The molecule has 0 atom stereocenters. The number of amides is 2. The second kappa shape index (κ2) is 6.91. The van der Waals surface area contributed by atoms with Gasteiger partial charge in [0.2, 0.25) is 6.79 Å². The number of aryl methyl sites for hydroxylation is 1. The second-order valence-electron chi connectivity index (χ2n) is 5.06. The van der Waals surface area contributed by atoms with Gasteiger partial charge in [-0.3, -0.25) is 0 Å². The zero-order chi connectivity index (χ0) is 16.1. The molecule has 3 rings (SSSR count). The lowest BCUT2D eigenvalue weighted by atomic mass is 10.2. The number of carbonyl (C=O) groups is 1. The Balaban J connectivity index is 1.42. The van der Waals surface area contributed by atoms with Gasteiger partial charge >= 0.3 is 6.03 Å². The highest BCUT2D eigenvalue weighted by atomic mass is 16.7. The van der Waals surface area contributed by atoms with Crippen molar-refractivity contribution in [2.45, 2.75) is 6.92 Å². The van der Waals surface area contributed by atoms with Gasteiger partial charge in [-0.1, -0.05) is 18.2 Å². The van der Waals surface area contributed by atoms with E-state index in [4.69, 9.17) is 14.2 Å². The third-order valence-electron chi connectivity index (χ3n) is 3.37. The normalized spacial score (nSPS) is 11.9. The van der Waals surface area contributed by atoms with Crippen molar-refractivity contribution < 1.29 is 19.0 Å². The van der Waals surface area contributed by atoms with Crippen molar-refractivity contribution in [3.63, 3.8) is 0 Å². The van der Waals surface area contributed by atoms with Crippen LogP contribution in [0.15, 0.2) is 42.5 Å². The van der Waals surface area contributed by atoms with E-state index in [1.165, 1.54) is 0 Å². The van der Waals surface area contributed by atoms with Crippen LogP contribution in [0.3, 0.4) is 0 Å². The molecule has 2 aromatic carbocycles. The largest absolute Gasteiger partial charge is 0.491 e. The van der Waals surface area contributed by atoms with E-state index < -0.39 is 0 Å². The van der Waals surface area contributed by atoms with E-state index in [0.717, 1.165) is 11.3 Å². The summed E-state index contributed by atoms with van der Waals surface area (Å²) in [5.41, 5.74) is 1.71. The predicted molar refractivity (Wildman–Crippen MR) is 86.3 cm³/mol. The fraction of sp³-hybridized carbons (Fsp3) is 0.235. The molecule has 0 aromatic heterocycles. The van der Waals surface area contributed by atoms with Gasteiger partial charge in [0.05, 0.1) is 6.54 Å². The molecule has 1 aliphatic heterocycles. The molecule has 6 heteroatoms. The monoisotopic (exact) mass is 314 g/mol. The molecule has 2 amide bonds. The molecule has 0 fully saturated rings. The van der Waals surface area contributed by atoms with Crippen LogP contribution in [0.1, 0.15) is 5.56 Å². The molecule has 0 saturated carbocycles. The van der Waals surface area contributed by atoms with Gasteiger partial charge in [-0.15, -0.1) is 0 Å². The highest BCUT2D eigenvalue weighted by Crippen LogP contribution is 2.34. The average Bonchev–Trinajstić information content (AvgIpc) is 3.01. The quantitative estimate of drug-likeness (QED) is 0.833. The summed E-state index contributed by atoms with van der Waals surface area (Å²) in [4.78, 5) is 11.8. The Kier molecular flexibility index (Phi) is 4.52. The number of nitrogens with one attached hydrogen (secondary N) is 2. The van der Waals surface area contributed by atoms with Gasteiger partial charge in [0.25, 0.3) is 0 Å². The van der Waals surface area contributed by atoms with Crippen LogP contribution in [0.25, 0.3) is 0 Å². The van der Waals surface area contributed by atoms with E-state index in [-0.39, 0.29) is 12.8 Å². The van der Waals surface area contributed by atoms with Crippen molar-refractivity contribution in [1.29, 1.82) is 0 Å². The molecule has 6 nitrogen and oxygen atoms in total. The number of fused-ring (bicyclic) bond motifs is 1. The Labute approximate surface area is 134 Å². The Bertz CT molecular complexity index is 703. The first-order chi connectivity index (χ1) is 11.2. The summed E-state index contributed by atoms with van der Waals surface area (Å²) in [5.74, 6) is 2.14. The zero-order valence-corrected chi connectivity index (χ0v) is 12.8. The van der Waals surface area contributed by atoms with Gasteiger partial charge in [-0.2, -0.15) is 0 Å². The summed E-state index contributed by atoms with van der Waals surface area (Å²) < 4.78 is 16.1. The topological polar surface area (TPSA) is 68.8 Å². The number of rotatable bonds is 5. The van der Waals surface area contributed by atoms with Gasteiger partial charge in [0.15, 0.2) is 11.5 Å². The summed E-state index contributed by atoms with van der Waals surface area (Å²) in [7, 11) is 0. The molecule has 0 radical (unpaired) electrons. The van der Waals surface area contributed by atoms with Crippen LogP contribution >= 0.6 is 0 Å². The van der Waals surface area contributed by atoms with Gasteiger partial charge in [0.1, 0.15) is 12.4 Å². The molecule has 1 heterocycles. The minimum absolute atomic E-state index is 0.210. The first kappa shape index (κ1) is 15.0. The van der Waals surface area contributed by atoms with Crippen molar-refractivity contribution >= 4 is 11.7 Å². The number of carbonyl (C=O) groups excluding carboxylic acids is 1. The van der Waals surface area contributed by atoms with Crippen LogP contribution in [0.5, 0.6) is 17.2 Å². The molecule has 23 heavy (non-hydrogen) atoms. The van der Waals surface area contributed by atoms with E-state index in [9.17, 15) is 4.79 Å². The molecule has 120 valence electrons. The van der Waals surface area contributed by atoms with E-state index in [1.54, 1.807) is 18.2 Å². The van der Waals surface area contributed by atoms with Crippen molar-refractivity contribution in [3.05, 3.63) is 48.0 Å². The van der Waals surface area contributed by atoms with Crippen molar-refractivity contribution in [3.8, 4) is 17.2 Å². The number of benzene rings is 2. The Hall–Kier alpha value is -2.89. The number of ether oxygens (including phenoxy) is 3. The zero-order valence-electron chi connectivity index (χ0n) is 12.8. The maximum Gasteiger partial charge on any atom is 0.319 e. The smallest absolute Gasteiger partial charge is 0.319 e. The standard InChI is InChI=1S/C17H18N2O4/c1-12-4-2-3-5-14(12)21-9-8-18-17(20)19-13-6-7-15-16(10-13)23-11-22-15/h2-7,10H,8-9,11H2,1H3,(H2,18,19,20). The maximum atomic E-state index is 11.8. The summed E-state index contributed by atoms with van der Waals surface area (Å²) in [6, 6.07) is 12.7. The van der Waals surface area contributed by atoms with Crippen LogP contribution in [-0.4, -0.2) is 26.0 Å². The minimum atomic E-state index is -0.294. The maximum absolute atomic E-state index is 11.8. The highest BCUT2D eigenvalue weighted by molar-refractivity contribution is 5.89. The third-order valence-corrected chi connectivity index (χ3v) is 3.37. The predicted octanol–water partition coefficient (Wildman–Crippen LogP) is 2.92. The minimum Gasteiger partial charge on any atom is -0.491 e. The van der Waals surface area contributed by atoms with Gasteiger partial charge in [0, 0.05) is 11.8 Å². The summed E-state index contributed by atoms with van der Waals surface area (Å²) in [6.45, 7) is 3.00. The van der Waals surface area contributed by atoms with Gasteiger partial charge < -0.3 is 24.8 Å². The fourth-order valence-corrected chi connectivity index (χ4v) is 2.19. The van der Waals surface area contributed by atoms with Crippen LogP contribution in [0.2, 0.25) is 0 Å². The van der Waals surface area contributed by atoms with Crippen molar-refractivity contribution in [2.75, 3.05) is 25.3 Å². The van der Waals surface area contributed by atoms with Crippen molar-refractivity contribution in [1.82, 2.24) is 5.32 Å². The van der Waals surface area contributed by atoms with E-state index >= 15 is 0 Å². The van der Waals surface area contributed by atoms with E-state index in [1.807, 2.05) is 31.2 Å². The molecule has 0 spiro atoms. The van der Waals surface area contributed by atoms with Crippen LogP contribution in [0.4, 0.5) is 10.5 Å². The number of anilines is 1. The number of hydrogen-bond acceptors (Lipinski definition) is 4. The van der Waals surface area contributed by atoms with Gasteiger partial charge in [-0.05, 0) is 30.7 Å². The van der Waals surface area contributed by atoms with Crippen LogP contribution in [-0.2, 0) is 0 Å². The molecule has 2 N–H and O–H groups in total. The summed E-state index contributed by atoms with van der Waals surface area (Å²) in [6.07, 6.45) is 0. The van der Waals surface area contributed by atoms with E-state index in [2.05, 4.69) is 10.6 Å². The lowest BCUT2D eigenvalue weighted by molar-refractivity contribution is 0.174. The lowest BCUT2D eigenvalue weighted by Gasteiger charge is -2.10. The summed E-state index contributed by atoms with van der Waals surface area (Å²) >= 11 is 0.